The second-order valence-corrected chi connectivity index (χ2v) is 10.7. The van der Waals surface area contributed by atoms with E-state index in [1.807, 2.05) is 12.1 Å². The lowest BCUT2D eigenvalue weighted by Gasteiger charge is -2.34. The van der Waals surface area contributed by atoms with Crippen molar-refractivity contribution in [3.05, 3.63) is 58.1 Å². The maximum absolute atomic E-state index is 12.6. The summed E-state index contributed by atoms with van der Waals surface area (Å²) in [5, 5.41) is 3.86. The summed E-state index contributed by atoms with van der Waals surface area (Å²) in [6.45, 7) is 1.97. The van der Waals surface area contributed by atoms with Crippen molar-refractivity contribution in [1.82, 2.24) is 5.32 Å². The molecule has 1 aliphatic heterocycles. The minimum atomic E-state index is -3.52. The van der Waals surface area contributed by atoms with Crippen LogP contribution in [-0.4, -0.2) is 45.0 Å². The van der Waals surface area contributed by atoms with Crippen molar-refractivity contribution in [1.29, 1.82) is 0 Å². The van der Waals surface area contributed by atoms with Gasteiger partial charge in [-0.05, 0) is 36.8 Å². The average Bonchev–Trinajstić information content (AvgIpc) is 2.74. The number of nitrogens with zero attached hydrogens (tertiary/aromatic N) is 1. The third kappa shape index (κ3) is 5.55. The largest absolute Gasteiger partial charge is 0.476 e. The number of amides is 1. The van der Waals surface area contributed by atoms with Crippen LogP contribution in [0.15, 0.2) is 42.5 Å². The summed E-state index contributed by atoms with van der Waals surface area (Å²) in [5.41, 5.74) is 1.51. The van der Waals surface area contributed by atoms with E-state index < -0.39 is 16.1 Å². The molecule has 1 aliphatic rings. The van der Waals surface area contributed by atoms with Gasteiger partial charge in [-0.1, -0.05) is 41.4 Å². The highest BCUT2D eigenvalue weighted by molar-refractivity contribution is 7.98. The van der Waals surface area contributed by atoms with E-state index in [2.05, 4.69) is 5.32 Å². The van der Waals surface area contributed by atoms with Gasteiger partial charge in [0.25, 0.3) is 5.91 Å². The molecule has 0 saturated carbocycles. The lowest BCUT2D eigenvalue weighted by Crippen LogP contribution is -2.51. The number of anilines is 1. The number of rotatable bonds is 8. The molecule has 1 atom stereocenters. The molecule has 0 fully saturated rings. The van der Waals surface area contributed by atoms with Crippen LogP contribution in [0.2, 0.25) is 10.0 Å². The van der Waals surface area contributed by atoms with Crippen molar-refractivity contribution in [3.63, 3.8) is 0 Å². The van der Waals surface area contributed by atoms with Crippen LogP contribution in [0.5, 0.6) is 5.75 Å². The maximum atomic E-state index is 12.6. The number of nitrogens with one attached hydrogen (secondary N) is 1. The monoisotopic (exact) mass is 488 g/mol. The predicted octanol–water partition coefficient (Wildman–Crippen LogP) is 3.96. The molecule has 0 unspecified atom stereocenters. The second kappa shape index (κ2) is 10.1. The first-order valence-electron chi connectivity index (χ1n) is 9.37. The molecule has 0 aromatic heterocycles. The lowest BCUT2D eigenvalue weighted by molar-refractivity contribution is -0.127. The van der Waals surface area contributed by atoms with Crippen LogP contribution in [-0.2, 0) is 20.6 Å². The normalized spacial score (nSPS) is 16.0. The molecular weight excluding hydrogens is 467 g/mol. The minimum Gasteiger partial charge on any atom is -0.476 e. The van der Waals surface area contributed by atoms with Gasteiger partial charge in [-0.3, -0.25) is 9.10 Å². The molecule has 0 aliphatic carbocycles. The number of fused-ring (bicyclic) bond motifs is 1. The highest BCUT2D eigenvalue weighted by Crippen LogP contribution is 2.35. The van der Waals surface area contributed by atoms with E-state index in [0.717, 1.165) is 11.3 Å². The van der Waals surface area contributed by atoms with Crippen LogP contribution in [0.4, 0.5) is 5.69 Å². The van der Waals surface area contributed by atoms with Crippen LogP contribution >= 0.6 is 35.0 Å². The average molecular weight is 489 g/mol. The third-order valence-corrected chi connectivity index (χ3v) is 8.04. The van der Waals surface area contributed by atoms with Crippen LogP contribution in [0.25, 0.3) is 0 Å². The molecule has 3 rings (SSSR count). The molecule has 1 heterocycles. The molecule has 30 heavy (non-hydrogen) atoms. The highest BCUT2D eigenvalue weighted by atomic mass is 35.5. The number of ether oxygens (including phenoxy) is 1. The molecule has 0 radical (unpaired) electrons. The third-order valence-electron chi connectivity index (χ3n) is 4.53. The Morgan fingerprint density at radius 2 is 2.00 bits per heavy atom. The van der Waals surface area contributed by atoms with Crippen molar-refractivity contribution in [2.24, 2.45) is 0 Å². The summed E-state index contributed by atoms with van der Waals surface area (Å²) >= 11 is 13.6. The Balaban J connectivity index is 1.53. The number of sulfonamides is 1. The fourth-order valence-electron chi connectivity index (χ4n) is 2.94. The van der Waals surface area contributed by atoms with Crippen molar-refractivity contribution in [2.45, 2.75) is 18.8 Å². The van der Waals surface area contributed by atoms with E-state index in [1.54, 1.807) is 49.0 Å². The first kappa shape index (κ1) is 23.1. The summed E-state index contributed by atoms with van der Waals surface area (Å²) in [5.74, 6) is 1.42. The molecule has 0 spiro atoms. The lowest BCUT2D eigenvalue weighted by atomic mass is 10.2. The Morgan fingerprint density at radius 3 is 2.73 bits per heavy atom. The molecular formula is C20H22Cl2N2O4S2. The summed E-state index contributed by atoms with van der Waals surface area (Å²) in [6.07, 6.45) is -0.902. The van der Waals surface area contributed by atoms with Gasteiger partial charge in [0.15, 0.2) is 6.10 Å². The fourth-order valence-corrected chi connectivity index (χ4v) is 5.19. The van der Waals surface area contributed by atoms with Gasteiger partial charge in [0.2, 0.25) is 10.0 Å². The molecule has 0 bridgehead atoms. The summed E-state index contributed by atoms with van der Waals surface area (Å²) in [7, 11) is -3.52. The van der Waals surface area contributed by atoms with Crippen molar-refractivity contribution < 1.29 is 17.9 Å². The van der Waals surface area contributed by atoms with E-state index in [0.29, 0.717) is 33.8 Å². The van der Waals surface area contributed by atoms with E-state index >= 15 is 0 Å². The molecule has 10 heteroatoms. The summed E-state index contributed by atoms with van der Waals surface area (Å²) < 4.78 is 32.0. The summed E-state index contributed by atoms with van der Waals surface area (Å²) in [4.78, 5) is 12.6. The van der Waals surface area contributed by atoms with Crippen molar-refractivity contribution >= 4 is 56.6 Å². The SMILES string of the molecule is CCS(=O)(=O)N1C[C@H](C(=O)NCCSCc2ccc(Cl)c(Cl)c2)Oc2ccccc21. The van der Waals surface area contributed by atoms with Crippen LogP contribution in [0.3, 0.4) is 0 Å². The Hall–Kier alpha value is -1.61. The fraction of sp³-hybridized carbons (Fsp3) is 0.350. The Kier molecular flexibility index (Phi) is 7.79. The molecule has 1 N–H and O–H groups in total. The zero-order valence-electron chi connectivity index (χ0n) is 16.3. The molecule has 6 nitrogen and oxygen atoms in total. The van der Waals surface area contributed by atoms with Gasteiger partial charge in [-0.15, -0.1) is 0 Å². The number of hydrogen-bond acceptors (Lipinski definition) is 5. The van der Waals surface area contributed by atoms with E-state index in [1.165, 1.54) is 4.31 Å². The van der Waals surface area contributed by atoms with Gasteiger partial charge in [-0.2, -0.15) is 11.8 Å². The zero-order chi connectivity index (χ0) is 21.7. The van der Waals surface area contributed by atoms with Gasteiger partial charge in [-0.25, -0.2) is 8.42 Å². The molecule has 2 aromatic carbocycles. The number of benzene rings is 2. The number of carbonyl (C=O) groups excluding carboxylic acids is 1. The number of para-hydroxylation sites is 2. The Morgan fingerprint density at radius 1 is 1.23 bits per heavy atom. The van der Waals surface area contributed by atoms with Crippen molar-refractivity contribution in [3.8, 4) is 5.75 Å². The summed E-state index contributed by atoms with van der Waals surface area (Å²) in [6, 6.07) is 12.3. The van der Waals surface area contributed by atoms with Crippen LogP contribution in [0, 0.1) is 0 Å². The van der Waals surface area contributed by atoms with E-state index in [9.17, 15) is 13.2 Å². The first-order valence-corrected chi connectivity index (χ1v) is 12.9. The Bertz CT molecular complexity index is 1020. The van der Waals surface area contributed by atoms with E-state index in [-0.39, 0.29) is 18.2 Å². The van der Waals surface area contributed by atoms with E-state index in [4.69, 9.17) is 27.9 Å². The van der Waals surface area contributed by atoms with Gasteiger partial charge in [0, 0.05) is 18.1 Å². The van der Waals surface area contributed by atoms with Crippen LogP contribution < -0.4 is 14.4 Å². The van der Waals surface area contributed by atoms with Gasteiger partial charge >= 0.3 is 0 Å². The predicted molar refractivity (Wildman–Crippen MR) is 123 cm³/mol. The number of carbonyl (C=O) groups is 1. The standard InChI is InChI=1S/C20H22Cl2N2O4S2/c1-2-30(26,27)24-12-19(28-18-6-4-3-5-17(18)24)20(25)23-9-10-29-13-14-7-8-15(21)16(22)11-14/h3-8,11,19H,2,9-10,12-13H2,1H3,(H,23,25)/t19-/m1/s1. The highest BCUT2D eigenvalue weighted by Gasteiger charge is 2.35. The van der Waals surface area contributed by atoms with Crippen LogP contribution in [0.1, 0.15) is 12.5 Å². The van der Waals surface area contributed by atoms with Crippen molar-refractivity contribution in [2.75, 3.05) is 28.9 Å². The topological polar surface area (TPSA) is 75.7 Å². The molecule has 1 amide bonds. The maximum Gasteiger partial charge on any atom is 0.263 e. The zero-order valence-corrected chi connectivity index (χ0v) is 19.5. The molecule has 162 valence electrons. The molecule has 0 saturated heterocycles. The second-order valence-electron chi connectivity index (χ2n) is 6.60. The van der Waals surface area contributed by atoms with Gasteiger partial charge in [0.05, 0.1) is 28.0 Å². The minimum absolute atomic E-state index is 0.0462. The Labute approximate surface area is 190 Å². The number of halogens is 2. The quantitative estimate of drug-likeness (QED) is 0.569. The first-order chi connectivity index (χ1) is 14.3. The smallest absolute Gasteiger partial charge is 0.263 e. The van der Waals surface area contributed by atoms with Gasteiger partial charge < -0.3 is 10.1 Å². The number of hydrogen-bond donors (Lipinski definition) is 1. The molecule has 2 aromatic rings. The van der Waals surface area contributed by atoms with Gasteiger partial charge in [0.1, 0.15) is 5.75 Å². The number of thioether (sulfide) groups is 1.